The Morgan fingerprint density at radius 1 is 1.26 bits per heavy atom. The fourth-order valence-corrected chi connectivity index (χ4v) is 2.44. The van der Waals surface area contributed by atoms with E-state index in [1.807, 2.05) is 7.05 Å². The van der Waals surface area contributed by atoms with Gasteiger partial charge in [0.2, 0.25) is 5.95 Å². The van der Waals surface area contributed by atoms with Gasteiger partial charge in [0.25, 0.3) is 0 Å². The predicted molar refractivity (Wildman–Crippen MR) is 94.2 cm³/mol. The molecule has 3 rings (SSSR count). The molecule has 0 bridgehead atoms. The lowest BCUT2D eigenvalue weighted by Crippen LogP contribution is -2.07. The highest BCUT2D eigenvalue weighted by Crippen LogP contribution is 2.26. The fraction of sp³-hybridized carbons (Fsp3) is 0.235. The van der Waals surface area contributed by atoms with Crippen molar-refractivity contribution in [2.24, 2.45) is 7.05 Å². The SMILES string of the molecule is C=CCNc1nc(Nc2ccc(C)cc2C)c2cnn(C)c2n1. The second-order valence-corrected chi connectivity index (χ2v) is 5.51. The Morgan fingerprint density at radius 2 is 2.09 bits per heavy atom. The van der Waals surface area contributed by atoms with Crippen molar-refractivity contribution >= 4 is 28.5 Å². The molecular formula is C17H20N6. The lowest BCUT2D eigenvalue weighted by Gasteiger charge is -2.12. The summed E-state index contributed by atoms with van der Waals surface area (Å²) in [7, 11) is 1.87. The first-order chi connectivity index (χ1) is 11.1. The molecule has 0 aliphatic rings. The molecule has 118 valence electrons. The summed E-state index contributed by atoms with van der Waals surface area (Å²) in [5.41, 5.74) is 4.20. The standard InChI is InChI=1S/C17H20N6/c1-5-8-18-17-21-15(13-10-19-23(4)16(13)22-17)20-14-7-6-11(2)9-12(14)3/h5-7,9-10H,1,8H2,2-4H3,(H2,18,20,21,22). The number of aryl methyl sites for hydroxylation is 3. The van der Waals surface area contributed by atoms with E-state index in [9.17, 15) is 0 Å². The van der Waals surface area contributed by atoms with Crippen LogP contribution in [-0.2, 0) is 7.05 Å². The number of aromatic nitrogens is 4. The summed E-state index contributed by atoms with van der Waals surface area (Å²) in [4.78, 5) is 9.08. The highest BCUT2D eigenvalue weighted by molar-refractivity contribution is 5.89. The van der Waals surface area contributed by atoms with Crippen LogP contribution in [0.25, 0.3) is 11.0 Å². The smallest absolute Gasteiger partial charge is 0.226 e. The van der Waals surface area contributed by atoms with E-state index in [4.69, 9.17) is 0 Å². The molecule has 0 aliphatic carbocycles. The Kier molecular flexibility index (Phi) is 3.97. The van der Waals surface area contributed by atoms with Gasteiger partial charge in [-0.2, -0.15) is 15.1 Å². The first kappa shape index (κ1) is 15.0. The minimum atomic E-state index is 0.549. The summed E-state index contributed by atoms with van der Waals surface area (Å²) in [6.07, 6.45) is 3.55. The highest BCUT2D eigenvalue weighted by Gasteiger charge is 2.12. The van der Waals surface area contributed by atoms with Crippen molar-refractivity contribution in [3.8, 4) is 0 Å². The molecule has 0 fully saturated rings. The van der Waals surface area contributed by atoms with Crippen LogP contribution in [0.5, 0.6) is 0 Å². The van der Waals surface area contributed by atoms with Crippen molar-refractivity contribution in [1.29, 1.82) is 0 Å². The Morgan fingerprint density at radius 3 is 2.83 bits per heavy atom. The van der Waals surface area contributed by atoms with Crippen LogP contribution in [-0.4, -0.2) is 26.3 Å². The Labute approximate surface area is 135 Å². The van der Waals surface area contributed by atoms with Crippen molar-refractivity contribution in [3.63, 3.8) is 0 Å². The third kappa shape index (κ3) is 3.01. The molecular weight excluding hydrogens is 288 g/mol. The monoisotopic (exact) mass is 308 g/mol. The van der Waals surface area contributed by atoms with Gasteiger partial charge in [-0.25, -0.2) is 0 Å². The third-order valence-electron chi connectivity index (χ3n) is 3.63. The van der Waals surface area contributed by atoms with E-state index in [0.717, 1.165) is 22.5 Å². The van der Waals surface area contributed by atoms with Gasteiger partial charge < -0.3 is 10.6 Å². The van der Waals surface area contributed by atoms with Crippen LogP contribution in [0.2, 0.25) is 0 Å². The van der Waals surface area contributed by atoms with Crippen molar-refractivity contribution in [3.05, 3.63) is 48.2 Å². The van der Waals surface area contributed by atoms with Crippen molar-refractivity contribution < 1.29 is 0 Å². The normalized spacial score (nSPS) is 10.7. The van der Waals surface area contributed by atoms with Crippen LogP contribution < -0.4 is 10.6 Å². The second-order valence-electron chi connectivity index (χ2n) is 5.51. The van der Waals surface area contributed by atoms with Crippen LogP contribution in [0.3, 0.4) is 0 Å². The van der Waals surface area contributed by atoms with Crippen LogP contribution in [0.4, 0.5) is 17.5 Å². The molecule has 0 saturated heterocycles. The van der Waals surface area contributed by atoms with Gasteiger partial charge in [-0.1, -0.05) is 23.8 Å². The van der Waals surface area contributed by atoms with Gasteiger partial charge in [0.15, 0.2) is 5.65 Å². The topological polar surface area (TPSA) is 67.7 Å². The zero-order chi connectivity index (χ0) is 16.4. The summed E-state index contributed by atoms with van der Waals surface area (Å²) >= 11 is 0. The number of nitrogens with zero attached hydrogens (tertiary/aromatic N) is 4. The molecule has 1 aromatic carbocycles. The van der Waals surface area contributed by atoms with Crippen LogP contribution in [0.15, 0.2) is 37.1 Å². The van der Waals surface area contributed by atoms with Crippen LogP contribution in [0, 0.1) is 13.8 Å². The maximum Gasteiger partial charge on any atom is 0.226 e. The Hall–Kier alpha value is -2.89. The predicted octanol–water partition coefficient (Wildman–Crippen LogP) is 3.32. The number of rotatable bonds is 5. The maximum absolute atomic E-state index is 4.58. The zero-order valence-corrected chi connectivity index (χ0v) is 13.6. The lowest BCUT2D eigenvalue weighted by molar-refractivity contribution is 0.785. The molecule has 3 aromatic rings. The molecule has 23 heavy (non-hydrogen) atoms. The zero-order valence-electron chi connectivity index (χ0n) is 13.6. The molecule has 2 aromatic heterocycles. The molecule has 0 atom stereocenters. The summed E-state index contributed by atoms with van der Waals surface area (Å²) < 4.78 is 1.74. The van der Waals surface area contributed by atoms with E-state index < -0.39 is 0 Å². The maximum atomic E-state index is 4.58. The van der Waals surface area contributed by atoms with Gasteiger partial charge in [-0.15, -0.1) is 6.58 Å². The highest BCUT2D eigenvalue weighted by atomic mass is 15.3. The summed E-state index contributed by atoms with van der Waals surface area (Å²) in [5.74, 6) is 1.29. The van der Waals surface area contributed by atoms with Crippen molar-refractivity contribution in [2.75, 3.05) is 17.2 Å². The van der Waals surface area contributed by atoms with E-state index in [1.165, 1.54) is 11.1 Å². The summed E-state index contributed by atoms with van der Waals surface area (Å²) in [6, 6.07) is 6.28. The molecule has 0 amide bonds. The van der Waals surface area contributed by atoms with E-state index in [-0.39, 0.29) is 0 Å². The quantitative estimate of drug-likeness (QED) is 0.708. The van der Waals surface area contributed by atoms with Gasteiger partial charge in [0, 0.05) is 19.3 Å². The van der Waals surface area contributed by atoms with E-state index in [0.29, 0.717) is 12.5 Å². The molecule has 0 aliphatic heterocycles. The Balaban J connectivity index is 2.05. The van der Waals surface area contributed by atoms with Crippen LogP contribution in [0.1, 0.15) is 11.1 Å². The largest absolute Gasteiger partial charge is 0.351 e. The van der Waals surface area contributed by atoms with E-state index in [2.05, 4.69) is 64.3 Å². The lowest BCUT2D eigenvalue weighted by atomic mass is 10.1. The molecule has 0 spiro atoms. The van der Waals surface area contributed by atoms with Crippen molar-refractivity contribution in [1.82, 2.24) is 19.7 Å². The molecule has 0 radical (unpaired) electrons. The van der Waals surface area contributed by atoms with Gasteiger partial charge in [0.1, 0.15) is 5.82 Å². The molecule has 6 heteroatoms. The first-order valence-corrected chi connectivity index (χ1v) is 7.47. The van der Waals surface area contributed by atoms with Gasteiger partial charge in [0.05, 0.1) is 11.6 Å². The second kappa shape index (κ2) is 6.08. The molecule has 2 N–H and O–H groups in total. The summed E-state index contributed by atoms with van der Waals surface area (Å²) in [5, 5.41) is 11.7. The minimum absolute atomic E-state index is 0.549. The number of nitrogens with one attached hydrogen (secondary N) is 2. The Bertz CT molecular complexity index is 865. The number of hydrogen-bond donors (Lipinski definition) is 2. The van der Waals surface area contributed by atoms with Crippen molar-refractivity contribution in [2.45, 2.75) is 13.8 Å². The minimum Gasteiger partial charge on any atom is -0.351 e. The number of benzene rings is 1. The fourth-order valence-electron chi connectivity index (χ4n) is 2.44. The summed E-state index contributed by atoms with van der Waals surface area (Å²) in [6.45, 7) is 8.47. The average molecular weight is 308 g/mol. The molecule has 2 heterocycles. The van der Waals surface area contributed by atoms with Gasteiger partial charge >= 0.3 is 0 Å². The average Bonchev–Trinajstić information content (AvgIpc) is 2.90. The third-order valence-corrected chi connectivity index (χ3v) is 3.63. The molecule has 0 saturated carbocycles. The van der Waals surface area contributed by atoms with E-state index >= 15 is 0 Å². The molecule has 0 unspecified atom stereocenters. The van der Waals surface area contributed by atoms with Gasteiger partial charge in [-0.05, 0) is 25.5 Å². The first-order valence-electron chi connectivity index (χ1n) is 7.47. The van der Waals surface area contributed by atoms with E-state index in [1.54, 1.807) is 17.0 Å². The van der Waals surface area contributed by atoms with Crippen LogP contribution >= 0.6 is 0 Å². The number of hydrogen-bond acceptors (Lipinski definition) is 5. The molecule has 6 nitrogen and oxygen atoms in total. The number of fused-ring (bicyclic) bond motifs is 1. The van der Waals surface area contributed by atoms with Gasteiger partial charge in [-0.3, -0.25) is 4.68 Å². The number of anilines is 3.